The smallest absolute Gasteiger partial charge is 0.333 e. The fourth-order valence-electron chi connectivity index (χ4n) is 2.29. The Morgan fingerprint density at radius 1 is 1.17 bits per heavy atom. The molecular formula is C18H17NO4. The van der Waals surface area contributed by atoms with Gasteiger partial charge in [-0.05, 0) is 43.9 Å². The van der Waals surface area contributed by atoms with Gasteiger partial charge in [0.05, 0.1) is 11.1 Å². The van der Waals surface area contributed by atoms with Crippen molar-refractivity contribution >= 4 is 11.9 Å². The van der Waals surface area contributed by atoms with Crippen LogP contribution in [0.25, 0.3) is 0 Å². The Bertz CT molecular complexity index is 735. The van der Waals surface area contributed by atoms with E-state index in [1.807, 2.05) is 0 Å². The van der Waals surface area contributed by atoms with Gasteiger partial charge >= 0.3 is 5.97 Å². The number of carbonyl (C=O) groups excluding carboxylic acids is 1. The fourth-order valence-corrected chi connectivity index (χ4v) is 2.29. The van der Waals surface area contributed by atoms with E-state index in [1.165, 1.54) is 18.2 Å². The number of aromatic hydroxyl groups is 1. The molecule has 23 heavy (non-hydrogen) atoms. The van der Waals surface area contributed by atoms with Crippen molar-refractivity contribution in [2.75, 3.05) is 0 Å². The largest absolute Gasteiger partial charge is 0.507 e. The molecule has 1 aromatic carbocycles. The molecule has 0 saturated heterocycles. The van der Waals surface area contributed by atoms with Crippen LogP contribution in [0.2, 0.25) is 0 Å². The third kappa shape index (κ3) is 4.75. The van der Waals surface area contributed by atoms with Crippen molar-refractivity contribution in [1.82, 2.24) is 5.32 Å². The van der Waals surface area contributed by atoms with E-state index in [9.17, 15) is 14.7 Å². The molecule has 0 bridgehead atoms. The van der Waals surface area contributed by atoms with Crippen molar-refractivity contribution in [2.24, 2.45) is 0 Å². The van der Waals surface area contributed by atoms with Gasteiger partial charge in [0.2, 0.25) is 5.91 Å². The number of hydrogen-bond donors (Lipinski definition) is 3. The van der Waals surface area contributed by atoms with Crippen LogP contribution in [-0.2, 0) is 9.59 Å². The van der Waals surface area contributed by atoms with Crippen LogP contribution in [0.4, 0.5) is 0 Å². The van der Waals surface area contributed by atoms with Crippen molar-refractivity contribution in [3.8, 4) is 17.6 Å². The molecular weight excluding hydrogens is 294 g/mol. The molecule has 0 fully saturated rings. The molecule has 3 N–H and O–H groups in total. The highest BCUT2D eigenvalue weighted by Gasteiger charge is 2.19. The Morgan fingerprint density at radius 2 is 1.91 bits per heavy atom. The van der Waals surface area contributed by atoms with Crippen LogP contribution in [0.5, 0.6) is 5.75 Å². The van der Waals surface area contributed by atoms with Gasteiger partial charge in [-0.2, -0.15) is 0 Å². The summed E-state index contributed by atoms with van der Waals surface area (Å²) in [4.78, 5) is 22.9. The first-order valence-corrected chi connectivity index (χ1v) is 7.30. The molecule has 1 aliphatic carbocycles. The molecule has 0 atom stereocenters. The molecule has 118 valence electrons. The van der Waals surface area contributed by atoms with Crippen molar-refractivity contribution in [2.45, 2.75) is 25.7 Å². The Hall–Kier alpha value is -3.00. The Morgan fingerprint density at radius 3 is 2.65 bits per heavy atom. The predicted molar refractivity (Wildman–Crippen MR) is 85.4 cm³/mol. The number of hydrogen-bond acceptors (Lipinski definition) is 3. The lowest BCUT2D eigenvalue weighted by Crippen LogP contribution is -2.25. The number of allylic oxidation sites excluding steroid dienone is 2. The van der Waals surface area contributed by atoms with Crippen LogP contribution in [0.1, 0.15) is 31.2 Å². The summed E-state index contributed by atoms with van der Waals surface area (Å²) in [6.45, 7) is 0. The summed E-state index contributed by atoms with van der Waals surface area (Å²) in [5.41, 5.74) is 1.23. The molecule has 1 aromatic rings. The van der Waals surface area contributed by atoms with E-state index in [-0.39, 0.29) is 11.3 Å². The van der Waals surface area contributed by atoms with Crippen LogP contribution >= 0.6 is 0 Å². The molecule has 0 saturated carbocycles. The van der Waals surface area contributed by atoms with Gasteiger partial charge in [0.15, 0.2) is 0 Å². The molecule has 1 amide bonds. The van der Waals surface area contributed by atoms with Gasteiger partial charge in [0, 0.05) is 11.8 Å². The van der Waals surface area contributed by atoms with Gasteiger partial charge in [0.1, 0.15) is 5.75 Å². The zero-order valence-corrected chi connectivity index (χ0v) is 12.5. The third-order valence-corrected chi connectivity index (χ3v) is 3.43. The summed E-state index contributed by atoms with van der Waals surface area (Å²) in [6.07, 6.45) is 5.33. The number of carboxylic acid groups (broad SMARTS) is 1. The molecule has 2 rings (SSSR count). The molecule has 1 aliphatic rings. The second-order valence-electron chi connectivity index (χ2n) is 5.08. The SMILES string of the molecule is O=C(/C=C/C#Cc1ccccc1O)NC1=C(C(=O)O)CCCC1. The second kappa shape index (κ2) is 7.85. The van der Waals surface area contributed by atoms with Crippen molar-refractivity contribution in [3.63, 3.8) is 0 Å². The Labute approximate surface area is 134 Å². The molecule has 0 heterocycles. The first-order chi connectivity index (χ1) is 11.1. The van der Waals surface area contributed by atoms with Crippen molar-refractivity contribution in [3.05, 3.63) is 53.3 Å². The summed E-state index contributed by atoms with van der Waals surface area (Å²) < 4.78 is 0. The standard InChI is InChI=1S/C18H17NO4/c20-16-11-5-1-7-13(16)8-2-6-12-17(21)19-15-10-4-3-9-14(15)18(22)23/h1,5-7,11-12,20H,3-4,9-10H2,(H,19,21)(H,22,23)/b12-6+. The summed E-state index contributed by atoms with van der Waals surface area (Å²) >= 11 is 0. The number of rotatable bonds is 3. The first kappa shape index (κ1) is 16.4. The highest BCUT2D eigenvalue weighted by molar-refractivity contribution is 5.92. The lowest BCUT2D eigenvalue weighted by Gasteiger charge is -2.17. The third-order valence-electron chi connectivity index (χ3n) is 3.43. The van der Waals surface area contributed by atoms with Crippen LogP contribution in [0.15, 0.2) is 47.7 Å². The van der Waals surface area contributed by atoms with Gasteiger partial charge < -0.3 is 15.5 Å². The minimum Gasteiger partial charge on any atom is -0.507 e. The normalized spacial score (nSPS) is 14.3. The number of phenolic OH excluding ortho intramolecular Hbond substituents is 1. The molecule has 0 unspecified atom stereocenters. The maximum absolute atomic E-state index is 11.8. The molecule has 5 heteroatoms. The lowest BCUT2D eigenvalue weighted by atomic mass is 9.96. The van der Waals surface area contributed by atoms with Crippen LogP contribution < -0.4 is 5.32 Å². The topological polar surface area (TPSA) is 86.6 Å². The van der Waals surface area contributed by atoms with Gasteiger partial charge in [-0.15, -0.1) is 0 Å². The lowest BCUT2D eigenvalue weighted by molar-refractivity contribution is -0.133. The molecule has 0 radical (unpaired) electrons. The average Bonchev–Trinajstić information content (AvgIpc) is 2.53. The summed E-state index contributed by atoms with van der Waals surface area (Å²) in [6, 6.07) is 6.65. The van der Waals surface area contributed by atoms with Crippen LogP contribution in [-0.4, -0.2) is 22.1 Å². The molecule has 0 aromatic heterocycles. The van der Waals surface area contributed by atoms with E-state index in [0.717, 1.165) is 12.8 Å². The van der Waals surface area contributed by atoms with E-state index in [0.29, 0.717) is 24.1 Å². The van der Waals surface area contributed by atoms with E-state index < -0.39 is 11.9 Å². The van der Waals surface area contributed by atoms with Gasteiger partial charge in [-0.1, -0.05) is 24.0 Å². The minimum absolute atomic E-state index is 0.0799. The van der Waals surface area contributed by atoms with E-state index in [1.54, 1.807) is 18.2 Å². The first-order valence-electron chi connectivity index (χ1n) is 7.30. The van der Waals surface area contributed by atoms with Gasteiger partial charge in [-0.25, -0.2) is 4.79 Å². The number of phenols is 1. The van der Waals surface area contributed by atoms with Gasteiger partial charge in [0.25, 0.3) is 0 Å². The summed E-state index contributed by atoms with van der Waals surface area (Å²) in [5.74, 6) is 4.07. The van der Waals surface area contributed by atoms with E-state index in [2.05, 4.69) is 17.2 Å². The van der Waals surface area contributed by atoms with Crippen molar-refractivity contribution in [1.29, 1.82) is 0 Å². The molecule has 5 nitrogen and oxygen atoms in total. The number of amides is 1. The minimum atomic E-state index is -0.983. The predicted octanol–water partition coefficient (Wildman–Crippen LogP) is 2.33. The number of aliphatic carboxylic acids is 1. The summed E-state index contributed by atoms with van der Waals surface area (Å²) in [7, 11) is 0. The van der Waals surface area contributed by atoms with Crippen molar-refractivity contribution < 1.29 is 19.8 Å². The van der Waals surface area contributed by atoms with E-state index in [4.69, 9.17) is 5.11 Å². The molecule has 0 aliphatic heterocycles. The zero-order chi connectivity index (χ0) is 16.7. The number of benzene rings is 1. The number of carboxylic acids is 1. The van der Waals surface area contributed by atoms with Crippen LogP contribution in [0, 0.1) is 11.8 Å². The highest BCUT2D eigenvalue weighted by Crippen LogP contribution is 2.23. The molecule has 0 spiro atoms. The zero-order valence-electron chi connectivity index (χ0n) is 12.5. The maximum Gasteiger partial charge on any atom is 0.333 e. The number of para-hydroxylation sites is 1. The fraction of sp³-hybridized carbons (Fsp3) is 0.222. The number of carbonyl (C=O) groups is 2. The summed E-state index contributed by atoms with van der Waals surface area (Å²) in [5, 5.41) is 21.3. The number of nitrogens with one attached hydrogen (secondary N) is 1. The average molecular weight is 311 g/mol. The Kier molecular flexibility index (Phi) is 5.59. The quantitative estimate of drug-likeness (QED) is 0.590. The Balaban J connectivity index is 2.00. The van der Waals surface area contributed by atoms with Crippen LogP contribution in [0.3, 0.4) is 0 Å². The monoisotopic (exact) mass is 311 g/mol. The second-order valence-corrected chi connectivity index (χ2v) is 5.08. The van der Waals surface area contributed by atoms with Gasteiger partial charge in [-0.3, -0.25) is 4.79 Å². The maximum atomic E-state index is 11.8. The van der Waals surface area contributed by atoms with E-state index >= 15 is 0 Å². The highest BCUT2D eigenvalue weighted by atomic mass is 16.4.